The minimum Gasteiger partial charge on any atom is -0.545 e. The minimum atomic E-state index is -1.47. The fraction of sp³-hybridized carbons (Fsp3) is 0.350. The molecule has 0 amide bonds. The van der Waals surface area contributed by atoms with Crippen molar-refractivity contribution >= 4 is 28.8 Å². The summed E-state index contributed by atoms with van der Waals surface area (Å²) in [6.45, 7) is 20.3. The van der Waals surface area contributed by atoms with Crippen molar-refractivity contribution in [2.24, 2.45) is 9.98 Å². The van der Waals surface area contributed by atoms with E-state index in [0.29, 0.717) is 17.4 Å². The molecule has 0 aliphatic heterocycles. The van der Waals surface area contributed by atoms with Crippen molar-refractivity contribution in [3.8, 4) is 11.5 Å². The van der Waals surface area contributed by atoms with Crippen LogP contribution in [0.5, 0.6) is 11.5 Å². The number of carbonyl (C=O) groups is 1. The summed E-state index contributed by atoms with van der Waals surface area (Å²) in [7, 11) is 0. The summed E-state index contributed by atoms with van der Waals surface area (Å²) in [5.41, 5.74) is 9.00. The zero-order valence-corrected chi connectivity index (χ0v) is 30.7. The first kappa shape index (κ1) is 39.9. The molecule has 0 aliphatic rings. The number of pyridine rings is 1. The van der Waals surface area contributed by atoms with E-state index in [4.69, 9.17) is 15.0 Å². The number of nitrogens with zero attached hydrogens (tertiary/aromatic N) is 3. The second-order valence-corrected chi connectivity index (χ2v) is 12.9. The fourth-order valence-corrected chi connectivity index (χ4v) is 5.47. The van der Waals surface area contributed by atoms with E-state index in [1.54, 1.807) is 0 Å². The smallest absolute Gasteiger partial charge is 0.545 e. The first-order chi connectivity index (χ1) is 22.1. The van der Waals surface area contributed by atoms with Gasteiger partial charge in [0.25, 0.3) is 0 Å². The van der Waals surface area contributed by atoms with Crippen molar-refractivity contribution < 1.29 is 36.9 Å². The van der Waals surface area contributed by atoms with Crippen LogP contribution in [-0.4, -0.2) is 32.6 Å². The Balaban J connectivity index is 0.000000380. The predicted octanol–water partition coefficient (Wildman–Crippen LogP) is 9.32. The van der Waals surface area contributed by atoms with Gasteiger partial charge in [-0.15, -0.1) is 0 Å². The Bertz CT molecular complexity index is 1690. The number of carboxylic acid groups (broad SMARTS) is 1. The molecule has 0 saturated heterocycles. The van der Waals surface area contributed by atoms with Crippen molar-refractivity contribution in [2.75, 3.05) is 0 Å². The van der Waals surface area contributed by atoms with Gasteiger partial charge in [0.15, 0.2) is 11.5 Å². The van der Waals surface area contributed by atoms with Crippen LogP contribution in [0, 0.1) is 0 Å². The molecule has 0 unspecified atom stereocenters. The summed E-state index contributed by atoms with van der Waals surface area (Å²) in [5, 5.41) is 30.3. The van der Waals surface area contributed by atoms with Gasteiger partial charge in [-0.3, -0.25) is 9.98 Å². The number of phenolic OH excluding ortho intramolecular Hbond substituents is 1. The van der Waals surface area contributed by atoms with Crippen molar-refractivity contribution in [1.29, 1.82) is 0 Å². The SMILES string of the molecule is CC(=Nc1ccccc1C(C)C)c1cccc(C(C)=Nc2ccccc2C(C)C)n1.CC(C)c1cc(O)c(O)c(C(=O)[O-])c1C(C)C.[Co+]. The zero-order chi connectivity index (χ0) is 35.0. The Labute approximate surface area is 296 Å². The molecule has 0 radical (unpaired) electrons. The predicted molar refractivity (Wildman–Crippen MR) is 191 cm³/mol. The van der Waals surface area contributed by atoms with E-state index in [1.165, 1.54) is 17.2 Å². The van der Waals surface area contributed by atoms with Gasteiger partial charge in [-0.25, -0.2) is 4.98 Å². The number of carbonyl (C=O) groups excluding carboxylic acids is 1. The molecular weight excluding hydrogens is 645 g/mol. The number of aromatic hydroxyl groups is 2. The molecular formula is C40H48CoN3O4. The molecule has 8 heteroatoms. The molecule has 0 aliphatic carbocycles. The van der Waals surface area contributed by atoms with Crippen LogP contribution in [0.4, 0.5) is 11.4 Å². The molecule has 256 valence electrons. The summed E-state index contributed by atoms with van der Waals surface area (Å²) < 4.78 is 0. The average molecular weight is 694 g/mol. The second kappa shape index (κ2) is 17.8. The number of aromatic carboxylic acids is 1. The average Bonchev–Trinajstić information content (AvgIpc) is 3.02. The van der Waals surface area contributed by atoms with Crippen LogP contribution >= 0.6 is 0 Å². The first-order valence-corrected chi connectivity index (χ1v) is 16.2. The number of carboxylic acids is 1. The molecule has 0 fully saturated rings. The molecule has 0 spiro atoms. The Morgan fingerprint density at radius 1 is 0.646 bits per heavy atom. The third-order valence-corrected chi connectivity index (χ3v) is 7.94. The normalized spacial score (nSPS) is 11.9. The molecule has 7 nitrogen and oxygen atoms in total. The zero-order valence-electron chi connectivity index (χ0n) is 29.6. The van der Waals surface area contributed by atoms with Gasteiger partial charge < -0.3 is 20.1 Å². The summed E-state index contributed by atoms with van der Waals surface area (Å²) in [5.74, 6) is -1.68. The minimum absolute atomic E-state index is 0. The summed E-state index contributed by atoms with van der Waals surface area (Å²) in [4.78, 5) is 25.7. The van der Waals surface area contributed by atoms with Gasteiger partial charge in [0.1, 0.15) is 0 Å². The van der Waals surface area contributed by atoms with Crippen LogP contribution < -0.4 is 5.11 Å². The Hall–Kier alpha value is -4.27. The number of phenols is 2. The molecule has 0 bridgehead atoms. The van der Waals surface area contributed by atoms with Crippen LogP contribution in [-0.2, 0) is 16.8 Å². The van der Waals surface area contributed by atoms with E-state index in [0.717, 1.165) is 39.7 Å². The number of aliphatic imine (C=N–C) groups is 2. The quantitative estimate of drug-likeness (QED) is 0.134. The second-order valence-electron chi connectivity index (χ2n) is 12.9. The largest absolute Gasteiger partial charge is 1.00 e. The van der Waals surface area contributed by atoms with E-state index in [1.807, 2.05) is 71.9 Å². The van der Waals surface area contributed by atoms with Gasteiger partial charge in [0.05, 0.1) is 40.2 Å². The Morgan fingerprint density at radius 2 is 1.06 bits per heavy atom. The van der Waals surface area contributed by atoms with Gasteiger partial charge in [0, 0.05) is 5.56 Å². The standard InChI is InChI=1S/C27H31N3.C13H18O4.Co/c1-18(2)22-12-7-9-14-26(22)28-20(5)24-16-11-17-25(30-24)21(6)29-27-15-10-8-13-23(27)19(3)4;1-6(2)8-5-9(14)12(15)11(13(16)17)10(8)7(3)4;/h7-19H,1-6H3;5-7,14-15H,1-4H3,(H,16,17);/q;;+1/p-1. The topological polar surface area (TPSA) is 118 Å². The monoisotopic (exact) mass is 693 g/mol. The molecule has 48 heavy (non-hydrogen) atoms. The maximum Gasteiger partial charge on any atom is 1.00 e. The number of para-hydroxylation sites is 2. The fourth-order valence-electron chi connectivity index (χ4n) is 5.47. The van der Waals surface area contributed by atoms with Crippen LogP contribution in [0.3, 0.4) is 0 Å². The Kier molecular flexibility index (Phi) is 14.8. The molecule has 1 aromatic heterocycles. The van der Waals surface area contributed by atoms with E-state index >= 15 is 0 Å². The number of rotatable bonds is 9. The first-order valence-electron chi connectivity index (χ1n) is 16.2. The third-order valence-electron chi connectivity index (χ3n) is 7.94. The van der Waals surface area contributed by atoms with Gasteiger partial charge >= 0.3 is 16.8 Å². The van der Waals surface area contributed by atoms with E-state index in [9.17, 15) is 20.1 Å². The van der Waals surface area contributed by atoms with Crippen LogP contribution in [0.1, 0.15) is 137 Å². The molecule has 0 atom stereocenters. The summed E-state index contributed by atoms with van der Waals surface area (Å²) >= 11 is 0. The van der Waals surface area contributed by atoms with Crippen molar-refractivity contribution in [1.82, 2.24) is 4.98 Å². The van der Waals surface area contributed by atoms with E-state index in [2.05, 4.69) is 64.1 Å². The molecule has 2 N–H and O–H groups in total. The third kappa shape index (κ3) is 9.87. The van der Waals surface area contributed by atoms with Gasteiger partial charge in [0.2, 0.25) is 0 Å². The van der Waals surface area contributed by atoms with Gasteiger partial charge in [-0.2, -0.15) is 0 Å². The van der Waals surface area contributed by atoms with Gasteiger partial charge in [-0.1, -0.05) is 97.9 Å². The van der Waals surface area contributed by atoms with Crippen molar-refractivity contribution in [3.63, 3.8) is 0 Å². The Morgan fingerprint density at radius 3 is 1.44 bits per heavy atom. The number of hydrogen-bond acceptors (Lipinski definition) is 7. The molecule has 4 rings (SSSR count). The van der Waals surface area contributed by atoms with Crippen LogP contribution in [0.2, 0.25) is 0 Å². The molecule has 0 saturated carbocycles. The number of benzene rings is 3. The summed E-state index contributed by atoms with van der Waals surface area (Å²) in [6.07, 6.45) is 0. The molecule has 4 aromatic rings. The molecule has 3 aromatic carbocycles. The van der Waals surface area contributed by atoms with Crippen molar-refractivity contribution in [2.45, 2.75) is 92.9 Å². The van der Waals surface area contributed by atoms with Crippen LogP contribution in [0.15, 0.2) is 82.8 Å². The number of aromatic nitrogens is 1. The van der Waals surface area contributed by atoms with Crippen LogP contribution in [0.25, 0.3) is 0 Å². The van der Waals surface area contributed by atoms with Crippen molar-refractivity contribution in [3.05, 3.63) is 112 Å². The molecule has 1 heterocycles. The van der Waals surface area contributed by atoms with E-state index < -0.39 is 17.5 Å². The maximum atomic E-state index is 11.1. The number of hydrogen-bond donors (Lipinski definition) is 2. The van der Waals surface area contributed by atoms with E-state index in [-0.39, 0.29) is 34.2 Å². The summed E-state index contributed by atoms with van der Waals surface area (Å²) in [6, 6.07) is 24.1. The van der Waals surface area contributed by atoms with Gasteiger partial charge in [-0.05, 0) is 90.1 Å². The maximum absolute atomic E-state index is 11.1.